The van der Waals surface area contributed by atoms with Gasteiger partial charge < -0.3 is 10.8 Å². The maximum absolute atomic E-state index is 13.5. The molecule has 0 radical (unpaired) electrons. The monoisotopic (exact) mass is 483 g/mol. The van der Waals surface area contributed by atoms with Crippen molar-refractivity contribution in [2.45, 2.75) is 99.5 Å². The molecule has 0 aromatic carbocycles. The summed E-state index contributed by atoms with van der Waals surface area (Å²) in [6.45, 7) is 16.6. The number of Topliss-reactive ketones (excluding diaryl/α,β-unsaturated/α-hetero) is 1. The van der Waals surface area contributed by atoms with Crippen LogP contribution in [-0.4, -0.2) is 28.2 Å². The van der Waals surface area contributed by atoms with Gasteiger partial charge in [0.2, 0.25) is 5.60 Å². The highest BCUT2D eigenvalue weighted by Gasteiger charge is 2.77. The molecule has 3 N–H and O–H groups in total. The molecular formula is C30H45NO4. The average Bonchev–Trinajstić information content (AvgIpc) is 3.08. The van der Waals surface area contributed by atoms with Crippen molar-refractivity contribution in [1.82, 2.24) is 0 Å². The van der Waals surface area contributed by atoms with Gasteiger partial charge in [0, 0.05) is 17.3 Å². The van der Waals surface area contributed by atoms with Gasteiger partial charge in [0.05, 0.1) is 0 Å². The van der Waals surface area contributed by atoms with E-state index in [0.29, 0.717) is 18.8 Å². The van der Waals surface area contributed by atoms with Crippen molar-refractivity contribution >= 4 is 17.5 Å². The number of amides is 1. The molecule has 35 heavy (non-hydrogen) atoms. The summed E-state index contributed by atoms with van der Waals surface area (Å²) in [4.78, 5) is 38.9. The Bertz CT molecular complexity index is 1030. The van der Waals surface area contributed by atoms with Crippen molar-refractivity contribution in [2.75, 3.05) is 0 Å². The molecule has 4 rings (SSSR count). The van der Waals surface area contributed by atoms with E-state index in [-0.39, 0.29) is 34.4 Å². The Kier molecular flexibility index (Phi) is 5.92. The molecule has 0 saturated heterocycles. The molecule has 0 unspecified atom stereocenters. The number of hydrogen-bond donors (Lipinski definition) is 2. The zero-order valence-corrected chi connectivity index (χ0v) is 23.0. The maximum atomic E-state index is 13.5. The van der Waals surface area contributed by atoms with Gasteiger partial charge in [0.1, 0.15) is 0 Å². The number of ketones is 2. The summed E-state index contributed by atoms with van der Waals surface area (Å²) < 4.78 is 0. The molecule has 4 aliphatic carbocycles. The predicted octanol–water partition coefficient (Wildman–Crippen LogP) is 5.16. The second-order valence-electron chi connectivity index (χ2n) is 13.7. The van der Waals surface area contributed by atoms with Crippen LogP contribution in [0, 0.1) is 45.3 Å². The highest BCUT2D eigenvalue weighted by atomic mass is 16.3. The molecule has 0 spiro atoms. The molecule has 1 amide bonds. The molecule has 194 valence electrons. The molecule has 4 aliphatic rings. The highest BCUT2D eigenvalue weighted by molar-refractivity contribution is 6.14. The Balaban J connectivity index is 1.74. The third-order valence-corrected chi connectivity index (χ3v) is 11.6. The first kappa shape index (κ1) is 26.3. The molecule has 0 aromatic heterocycles. The summed E-state index contributed by atoms with van der Waals surface area (Å²) in [5, 5.41) is 11.8. The summed E-state index contributed by atoms with van der Waals surface area (Å²) in [5.74, 6) is -0.628. The number of fused-ring (bicyclic) bond motifs is 5. The van der Waals surface area contributed by atoms with Crippen molar-refractivity contribution in [2.24, 2.45) is 51.1 Å². The molecule has 5 nitrogen and oxygen atoms in total. The standard InChI is InChI=1S/C30H45NO4/c1-17(2)15-19(32)16-18(3)20-11-13-28(7)21-9-10-23-26(4,5)24(33)30(35,25(31)34)29(23,8)22(21)12-14-27(20,28)6/h9,15,18,20,22-23,35H,10-14,16H2,1-8H3,(H2,31,34)/t18-,20-,22-,23-,27-,28+,29+,30-/m0/s1. The number of nitrogens with two attached hydrogens (primary N) is 1. The first-order valence-electron chi connectivity index (χ1n) is 13.4. The van der Waals surface area contributed by atoms with Gasteiger partial charge in [0.25, 0.3) is 5.91 Å². The summed E-state index contributed by atoms with van der Waals surface area (Å²) in [6.07, 6.45) is 9.18. The van der Waals surface area contributed by atoms with Gasteiger partial charge in [-0.2, -0.15) is 0 Å². The normalized spacial score (nSPS) is 44.5. The van der Waals surface area contributed by atoms with Gasteiger partial charge in [-0.25, -0.2) is 0 Å². The molecule has 3 saturated carbocycles. The largest absolute Gasteiger partial charge is 0.373 e. The zero-order chi connectivity index (χ0) is 26.4. The summed E-state index contributed by atoms with van der Waals surface area (Å²) in [5.41, 5.74) is 4.17. The number of rotatable bonds is 5. The van der Waals surface area contributed by atoms with Gasteiger partial charge >= 0.3 is 0 Å². The lowest BCUT2D eigenvalue weighted by atomic mass is 9.43. The van der Waals surface area contributed by atoms with Crippen LogP contribution in [0.5, 0.6) is 0 Å². The number of carbonyl (C=O) groups excluding carboxylic acids is 3. The van der Waals surface area contributed by atoms with Gasteiger partial charge in [-0.05, 0) is 86.5 Å². The lowest BCUT2D eigenvalue weighted by Crippen LogP contribution is -2.63. The van der Waals surface area contributed by atoms with E-state index in [9.17, 15) is 19.5 Å². The first-order valence-corrected chi connectivity index (χ1v) is 13.4. The molecule has 0 aliphatic heterocycles. The van der Waals surface area contributed by atoms with Crippen LogP contribution in [-0.2, 0) is 14.4 Å². The molecule has 0 heterocycles. The van der Waals surface area contributed by atoms with Crippen LogP contribution in [0.2, 0.25) is 0 Å². The van der Waals surface area contributed by atoms with E-state index in [2.05, 4.69) is 26.8 Å². The van der Waals surface area contributed by atoms with Gasteiger partial charge in [-0.3, -0.25) is 14.4 Å². The van der Waals surface area contributed by atoms with E-state index in [0.717, 1.165) is 31.3 Å². The van der Waals surface area contributed by atoms with Crippen molar-refractivity contribution in [1.29, 1.82) is 0 Å². The van der Waals surface area contributed by atoms with E-state index < -0.39 is 28.1 Å². The lowest BCUT2D eigenvalue weighted by Gasteiger charge is -2.60. The maximum Gasteiger partial charge on any atom is 0.257 e. The van der Waals surface area contributed by atoms with Crippen LogP contribution >= 0.6 is 0 Å². The van der Waals surface area contributed by atoms with E-state index >= 15 is 0 Å². The van der Waals surface area contributed by atoms with Crippen LogP contribution in [0.25, 0.3) is 0 Å². The Morgan fingerprint density at radius 3 is 2.34 bits per heavy atom. The first-order chi connectivity index (χ1) is 16.0. The smallest absolute Gasteiger partial charge is 0.257 e. The van der Waals surface area contributed by atoms with Crippen LogP contribution < -0.4 is 5.73 Å². The topological polar surface area (TPSA) is 97.5 Å². The summed E-state index contributed by atoms with van der Waals surface area (Å²) in [7, 11) is 0. The lowest BCUT2D eigenvalue weighted by molar-refractivity contribution is -0.167. The highest BCUT2D eigenvalue weighted by Crippen LogP contribution is 2.75. The number of primary amides is 1. The summed E-state index contributed by atoms with van der Waals surface area (Å²) >= 11 is 0. The molecule has 8 atom stereocenters. The quantitative estimate of drug-likeness (QED) is 0.321. The fourth-order valence-corrected chi connectivity index (χ4v) is 9.65. The fourth-order valence-electron chi connectivity index (χ4n) is 9.65. The molecular weight excluding hydrogens is 438 g/mol. The Morgan fingerprint density at radius 1 is 1.14 bits per heavy atom. The number of carbonyl (C=O) groups is 3. The fraction of sp³-hybridized carbons (Fsp3) is 0.767. The number of hydrogen-bond acceptors (Lipinski definition) is 4. The van der Waals surface area contributed by atoms with E-state index in [4.69, 9.17) is 5.73 Å². The van der Waals surface area contributed by atoms with Crippen molar-refractivity contribution in [3.05, 3.63) is 23.3 Å². The zero-order valence-electron chi connectivity index (χ0n) is 23.0. The molecule has 0 bridgehead atoms. The Labute approximate surface area is 211 Å². The van der Waals surface area contributed by atoms with Crippen molar-refractivity contribution < 1.29 is 19.5 Å². The minimum absolute atomic E-state index is 0.0200. The van der Waals surface area contributed by atoms with E-state index in [1.807, 2.05) is 34.6 Å². The second kappa shape index (κ2) is 7.87. The van der Waals surface area contributed by atoms with Crippen molar-refractivity contribution in [3.63, 3.8) is 0 Å². The van der Waals surface area contributed by atoms with Gasteiger partial charge in [0.15, 0.2) is 11.6 Å². The number of aliphatic hydroxyl groups is 1. The van der Waals surface area contributed by atoms with Crippen LogP contribution in [0.1, 0.15) is 93.9 Å². The predicted molar refractivity (Wildman–Crippen MR) is 137 cm³/mol. The van der Waals surface area contributed by atoms with Gasteiger partial charge in [-0.15, -0.1) is 0 Å². The summed E-state index contributed by atoms with van der Waals surface area (Å²) in [6, 6.07) is 0. The van der Waals surface area contributed by atoms with E-state index in [1.54, 1.807) is 6.08 Å². The third-order valence-electron chi connectivity index (χ3n) is 11.6. The Morgan fingerprint density at radius 2 is 1.77 bits per heavy atom. The van der Waals surface area contributed by atoms with Crippen LogP contribution in [0.15, 0.2) is 23.3 Å². The van der Waals surface area contributed by atoms with Gasteiger partial charge in [-0.1, -0.05) is 58.8 Å². The Hall–Kier alpha value is -1.75. The van der Waals surface area contributed by atoms with Crippen LogP contribution in [0.3, 0.4) is 0 Å². The van der Waals surface area contributed by atoms with Crippen LogP contribution in [0.4, 0.5) is 0 Å². The molecule has 3 fully saturated rings. The minimum Gasteiger partial charge on any atom is -0.373 e. The minimum atomic E-state index is -2.16. The number of allylic oxidation sites excluding steroid dienone is 4. The van der Waals surface area contributed by atoms with Crippen molar-refractivity contribution in [3.8, 4) is 0 Å². The second-order valence-corrected chi connectivity index (χ2v) is 13.7. The SMILES string of the molecule is CC(C)=CC(=O)C[C@H](C)[C@@H]1CC[C@]2(C)C3=CC[C@H]4C(C)(C)C(=O)[C@](O)(C(N)=O)[C@]4(C)[C@H]3CC[C@@]12C. The van der Waals surface area contributed by atoms with E-state index in [1.165, 1.54) is 5.57 Å². The third kappa shape index (κ3) is 3.12. The molecule has 5 heteroatoms. The average molecular weight is 484 g/mol. The molecule has 0 aromatic rings.